The number of aliphatic hydroxyl groups is 1. The molecule has 0 radical (unpaired) electrons. The van der Waals surface area contributed by atoms with E-state index in [9.17, 15) is 18.7 Å². The maximum atomic E-state index is 13.5. The highest BCUT2D eigenvalue weighted by molar-refractivity contribution is 5.73. The summed E-state index contributed by atoms with van der Waals surface area (Å²) in [6, 6.07) is 11.1. The molecule has 0 aliphatic heterocycles. The first-order valence-electron chi connectivity index (χ1n) is 10.6. The van der Waals surface area contributed by atoms with E-state index < -0.39 is 23.8 Å². The Hall–Kier alpha value is -2.31. The largest absolute Gasteiger partial charge is 0.390 e. The number of aryl methyl sites for hydroxylation is 1. The van der Waals surface area contributed by atoms with Gasteiger partial charge in [0.25, 0.3) is 0 Å². The van der Waals surface area contributed by atoms with Gasteiger partial charge >= 0.3 is 0 Å². The van der Waals surface area contributed by atoms with Gasteiger partial charge in [-0.25, -0.2) is 8.78 Å². The minimum Gasteiger partial charge on any atom is -0.390 e. The summed E-state index contributed by atoms with van der Waals surface area (Å²) in [5.74, 6) is -1.66. The quantitative estimate of drug-likeness (QED) is 0.555. The lowest BCUT2D eigenvalue weighted by Gasteiger charge is -2.27. The highest BCUT2D eigenvalue weighted by atomic mass is 19.1. The van der Waals surface area contributed by atoms with Gasteiger partial charge in [-0.15, -0.1) is 0 Å². The molecule has 2 aromatic rings. The van der Waals surface area contributed by atoms with E-state index in [0.717, 1.165) is 31.7 Å². The lowest BCUT2D eigenvalue weighted by Crippen LogP contribution is -2.49. The molecule has 0 heterocycles. The predicted octanol–water partition coefficient (Wildman–Crippen LogP) is 3.60. The standard InChI is InChI=1S/C24H30F2N2O2/c1-3-5-17-6-4-7-19(10-17)24(8-9-24)27-15-23(30)22(28-16(2)29)13-18-11-20(25)14-21(26)12-18/h4,6-7,10-12,14,22-23,27,30H,3,5,8-9,13,15H2,1-2H3,(H,28,29). The SMILES string of the molecule is CCCc1cccc(C2(NCC(O)C(Cc3cc(F)cc(F)c3)NC(C)=O)CC2)c1. The average Bonchev–Trinajstić information content (AvgIpc) is 3.46. The summed E-state index contributed by atoms with van der Waals surface area (Å²) in [6.07, 6.45) is 3.31. The third-order valence-electron chi connectivity index (χ3n) is 5.65. The molecule has 2 aromatic carbocycles. The van der Waals surface area contributed by atoms with Gasteiger partial charge in [0.15, 0.2) is 0 Å². The molecule has 1 aliphatic carbocycles. The summed E-state index contributed by atoms with van der Waals surface area (Å²) in [6.45, 7) is 3.78. The Balaban J connectivity index is 1.67. The third kappa shape index (κ3) is 5.86. The van der Waals surface area contributed by atoms with E-state index >= 15 is 0 Å². The summed E-state index contributed by atoms with van der Waals surface area (Å²) >= 11 is 0. The Labute approximate surface area is 176 Å². The van der Waals surface area contributed by atoms with Crippen LogP contribution in [0.1, 0.15) is 49.8 Å². The molecular formula is C24H30F2N2O2. The van der Waals surface area contributed by atoms with Gasteiger partial charge in [0.2, 0.25) is 5.91 Å². The smallest absolute Gasteiger partial charge is 0.217 e. The van der Waals surface area contributed by atoms with Crippen molar-refractivity contribution in [2.75, 3.05) is 6.54 Å². The second kappa shape index (κ2) is 9.67. The minimum absolute atomic E-state index is 0.135. The lowest BCUT2D eigenvalue weighted by molar-refractivity contribution is -0.120. The van der Waals surface area contributed by atoms with Crippen LogP contribution in [-0.2, 0) is 23.2 Å². The summed E-state index contributed by atoms with van der Waals surface area (Å²) in [5, 5.41) is 17.0. The van der Waals surface area contributed by atoms with E-state index in [4.69, 9.17) is 0 Å². The van der Waals surface area contributed by atoms with E-state index in [1.54, 1.807) is 0 Å². The van der Waals surface area contributed by atoms with Crippen LogP contribution in [0.4, 0.5) is 8.78 Å². The van der Waals surface area contributed by atoms with Gasteiger partial charge in [-0.05, 0) is 54.5 Å². The number of benzene rings is 2. The maximum absolute atomic E-state index is 13.5. The molecule has 162 valence electrons. The van der Waals surface area contributed by atoms with Crippen molar-refractivity contribution < 1.29 is 18.7 Å². The van der Waals surface area contributed by atoms with Crippen molar-refractivity contribution >= 4 is 5.91 Å². The molecule has 1 fully saturated rings. The molecular weight excluding hydrogens is 386 g/mol. The zero-order valence-corrected chi connectivity index (χ0v) is 17.6. The minimum atomic E-state index is -0.906. The van der Waals surface area contributed by atoms with Crippen LogP contribution in [0.15, 0.2) is 42.5 Å². The number of halogens is 2. The van der Waals surface area contributed by atoms with Crippen molar-refractivity contribution in [2.24, 2.45) is 0 Å². The van der Waals surface area contributed by atoms with Crippen LogP contribution in [0.25, 0.3) is 0 Å². The first-order valence-corrected chi connectivity index (χ1v) is 10.6. The second-order valence-electron chi connectivity index (χ2n) is 8.27. The highest BCUT2D eigenvalue weighted by Crippen LogP contribution is 2.45. The van der Waals surface area contributed by atoms with Crippen molar-refractivity contribution in [1.82, 2.24) is 10.6 Å². The molecule has 4 nitrogen and oxygen atoms in total. The highest BCUT2D eigenvalue weighted by Gasteiger charge is 2.44. The van der Waals surface area contributed by atoms with Crippen LogP contribution in [0.2, 0.25) is 0 Å². The summed E-state index contributed by atoms with van der Waals surface area (Å²) < 4.78 is 27.1. The molecule has 1 amide bonds. The number of carbonyl (C=O) groups excluding carboxylic acids is 1. The number of amides is 1. The molecule has 3 rings (SSSR count). The number of carbonyl (C=O) groups is 1. The van der Waals surface area contributed by atoms with Crippen molar-refractivity contribution in [3.8, 4) is 0 Å². The molecule has 6 heteroatoms. The van der Waals surface area contributed by atoms with Gasteiger partial charge in [0.05, 0.1) is 12.1 Å². The number of hydrogen-bond acceptors (Lipinski definition) is 3. The Morgan fingerprint density at radius 2 is 1.83 bits per heavy atom. The Morgan fingerprint density at radius 3 is 2.43 bits per heavy atom. The third-order valence-corrected chi connectivity index (χ3v) is 5.65. The van der Waals surface area contributed by atoms with Crippen LogP contribution in [0.5, 0.6) is 0 Å². The van der Waals surface area contributed by atoms with Gasteiger partial charge in [0.1, 0.15) is 11.6 Å². The monoisotopic (exact) mass is 416 g/mol. The van der Waals surface area contributed by atoms with Crippen LogP contribution in [0.3, 0.4) is 0 Å². The van der Waals surface area contributed by atoms with Gasteiger partial charge in [0, 0.05) is 25.1 Å². The Morgan fingerprint density at radius 1 is 1.13 bits per heavy atom. The number of aliphatic hydroxyl groups excluding tert-OH is 1. The predicted molar refractivity (Wildman–Crippen MR) is 113 cm³/mol. The van der Waals surface area contributed by atoms with E-state index in [2.05, 4.69) is 41.8 Å². The van der Waals surface area contributed by atoms with Crippen LogP contribution < -0.4 is 10.6 Å². The van der Waals surface area contributed by atoms with Crippen LogP contribution in [-0.4, -0.2) is 29.7 Å². The second-order valence-corrected chi connectivity index (χ2v) is 8.27. The van der Waals surface area contributed by atoms with Gasteiger partial charge < -0.3 is 15.7 Å². The first kappa shape index (κ1) is 22.4. The fourth-order valence-corrected chi connectivity index (χ4v) is 3.97. The summed E-state index contributed by atoms with van der Waals surface area (Å²) in [4.78, 5) is 11.6. The molecule has 1 aliphatic rings. The van der Waals surface area contributed by atoms with E-state index in [0.29, 0.717) is 5.56 Å². The fourth-order valence-electron chi connectivity index (χ4n) is 3.97. The van der Waals surface area contributed by atoms with Gasteiger partial charge in [-0.1, -0.05) is 37.6 Å². The van der Waals surface area contributed by atoms with Crippen molar-refractivity contribution in [2.45, 2.75) is 63.6 Å². The van der Waals surface area contributed by atoms with E-state index in [1.807, 2.05) is 0 Å². The van der Waals surface area contributed by atoms with Crippen LogP contribution >= 0.6 is 0 Å². The normalized spacial score (nSPS) is 16.7. The first-order chi connectivity index (χ1) is 14.3. The molecule has 2 atom stereocenters. The molecule has 1 saturated carbocycles. The maximum Gasteiger partial charge on any atom is 0.217 e. The molecule has 0 aromatic heterocycles. The van der Waals surface area contributed by atoms with E-state index in [-0.39, 0.29) is 24.4 Å². The van der Waals surface area contributed by atoms with E-state index in [1.165, 1.54) is 30.2 Å². The number of nitrogens with one attached hydrogen (secondary N) is 2. The fraction of sp³-hybridized carbons (Fsp3) is 0.458. The van der Waals surface area contributed by atoms with Crippen molar-refractivity contribution in [1.29, 1.82) is 0 Å². The summed E-state index contributed by atoms with van der Waals surface area (Å²) in [5.41, 5.74) is 2.74. The average molecular weight is 417 g/mol. The molecule has 0 bridgehead atoms. The molecule has 2 unspecified atom stereocenters. The Bertz CT molecular complexity index is 863. The van der Waals surface area contributed by atoms with Crippen molar-refractivity contribution in [3.63, 3.8) is 0 Å². The molecule has 3 N–H and O–H groups in total. The zero-order chi connectivity index (χ0) is 21.7. The number of hydrogen-bond donors (Lipinski definition) is 3. The molecule has 0 saturated heterocycles. The van der Waals surface area contributed by atoms with Crippen molar-refractivity contribution in [3.05, 3.63) is 70.8 Å². The van der Waals surface area contributed by atoms with Crippen LogP contribution in [0, 0.1) is 11.6 Å². The molecule has 0 spiro atoms. The summed E-state index contributed by atoms with van der Waals surface area (Å²) in [7, 11) is 0. The van der Waals surface area contributed by atoms with Gasteiger partial charge in [-0.3, -0.25) is 4.79 Å². The lowest BCUT2D eigenvalue weighted by atomic mass is 9.98. The molecule has 30 heavy (non-hydrogen) atoms. The Kier molecular flexibility index (Phi) is 7.21. The zero-order valence-electron chi connectivity index (χ0n) is 17.6. The topological polar surface area (TPSA) is 61.4 Å². The number of rotatable bonds is 10. The van der Waals surface area contributed by atoms with Gasteiger partial charge in [-0.2, -0.15) is 0 Å².